The molecule has 1 aromatic carbocycles. The molecule has 0 aliphatic heterocycles. The second kappa shape index (κ2) is 5.77. The molecule has 1 N–H and O–H groups in total. The Morgan fingerprint density at radius 1 is 1.00 bits per heavy atom. The third-order valence-electron chi connectivity index (χ3n) is 7.56. The number of nitrogens with zero attached hydrogens (tertiary/aromatic N) is 1. The number of hydrogen-bond donors (Lipinski definition) is 1. The number of aromatic nitrogens is 2. The van der Waals surface area contributed by atoms with E-state index in [0.717, 1.165) is 45.8 Å². The molecular weight excluding hydrogens is 344 g/mol. The van der Waals surface area contributed by atoms with Crippen molar-refractivity contribution in [3.8, 4) is 17.6 Å². The van der Waals surface area contributed by atoms with E-state index in [1.807, 2.05) is 6.20 Å². The summed E-state index contributed by atoms with van der Waals surface area (Å²) in [6.07, 6.45) is 10.2. The monoisotopic (exact) mass is 370 g/mol. The van der Waals surface area contributed by atoms with E-state index in [-0.39, 0.29) is 5.41 Å². The molecule has 0 saturated heterocycles. The third kappa shape index (κ3) is 2.33. The van der Waals surface area contributed by atoms with Crippen LogP contribution >= 0.6 is 0 Å². The van der Waals surface area contributed by atoms with Gasteiger partial charge in [-0.2, -0.15) is 0 Å². The van der Waals surface area contributed by atoms with Crippen molar-refractivity contribution in [3.05, 3.63) is 35.7 Å². The zero-order chi connectivity index (χ0) is 18.9. The normalized spacial score (nSPS) is 30.6. The lowest BCUT2D eigenvalue weighted by molar-refractivity contribution is -0.0181. The quantitative estimate of drug-likeness (QED) is 0.566. The molecule has 3 aromatic rings. The zero-order valence-corrected chi connectivity index (χ0v) is 16.6. The fourth-order valence-electron chi connectivity index (χ4n) is 6.76. The van der Waals surface area contributed by atoms with E-state index >= 15 is 0 Å². The van der Waals surface area contributed by atoms with Crippen molar-refractivity contribution in [2.24, 2.45) is 23.2 Å². The van der Waals surface area contributed by atoms with Gasteiger partial charge in [0.15, 0.2) is 0 Å². The highest BCUT2D eigenvalue weighted by atomic mass is 16.5. The largest absolute Gasteiger partial charge is 0.495 e. The minimum absolute atomic E-state index is 0.241. The molecule has 28 heavy (non-hydrogen) atoms. The number of nitrogens with one attached hydrogen (secondary N) is 1. The molecule has 2 heterocycles. The van der Waals surface area contributed by atoms with Crippen LogP contribution in [0.3, 0.4) is 0 Å². The molecule has 4 saturated carbocycles. The van der Waals surface area contributed by atoms with Crippen molar-refractivity contribution in [2.45, 2.75) is 45.4 Å². The molecule has 4 bridgehead atoms. The summed E-state index contributed by atoms with van der Waals surface area (Å²) in [6, 6.07) is 6.29. The average molecular weight is 370 g/mol. The number of fused-ring (bicyclic) bond motifs is 3. The van der Waals surface area contributed by atoms with Crippen LogP contribution in [-0.4, -0.2) is 17.1 Å². The average Bonchev–Trinajstić information content (AvgIpc) is 3.05. The number of methoxy groups -OCH3 is 1. The smallest absolute Gasteiger partial charge is 0.136 e. The first-order valence-corrected chi connectivity index (χ1v) is 10.6. The van der Waals surface area contributed by atoms with E-state index in [2.05, 4.69) is 46.9 Å². The van der Waals surface area contributed by atoms with Crippen LogP contribution in [0.2, 0.25) is 0 Å². The van der Waals surface area contributed by atoms with Gasteiger partial charge >= 0.3 is 0 Å². The highest BCUT2D eigenvalue weighted by Crippen LogP contribution is 2.59. The summed E-state index contributed by atoms with van der Waals surface area (Å²) in [5, 5.41) is 2.42. The predicted octanol–water partition coefficient (Wildman–Crippen LogP) is 5.60. The van der Waals surface area contributed by atoms with Crippen molar-refractivity contribution in [2.75, 3.05) is 7.11 Å². The van der Waals surface area contributed by atoms with Crippen molar-refractivity contribution in [1.29, 1.82) is 0 Å². The van der Waals surface area contributed by atoms with Gasteiger partial charge in [0.25, 0.3) is 0 Å². The molecular formula is C25H26N2O. The number of rotatable bonds is 1. The Kier molecular flexibility index (Phi) is 3.39. The molecule has 4 aliphatic carbocycles. The van der Waals surface area contributed by atoms with Crippen LogP contribution in [0.5, 0.6) is 5.75 Å². The van der Waals surface area contributed by atoms with Gasteiger partial charge in [-0.05, 0) is 81.4 Å². The summed E-state index contributed by atoms with van der Waals surface area (Å²) < 4.78 is 5.71. The van der Waals surface area contributed by atoms with Gasteiger partial charge in [0.1, 0.15) is 5.75 Å². The van der Waals surface area contributed by atoms with Gasteiger partial charge < -0.3 is 9.72 Å². The molecule has 4 aliphatic rings. The van der Waals surface area contributed by atoms with E-state index < -0.39 is 0 Å². The number of ether oxygens (including phenoxy) is 1. The van der Waals surface area contributed by atoms with E-state index in [1.165, 1.54) is 49.3 Å². The minimum atomic E-state index is 0.241. The Morgan fingerprint density at radius 3 is 2.36 bits per heavy atom. The Hall–Kier alpha value is -2.47. The first kappa shape index (κ1) is 16.5. The Balaban J connectivity index is 1.52. The van der Waals surface area contributed by atoms with Crippen LogP contribution in [0.15, 0.2) is 24.4 Å². The summed E-state index contributed by atoms with van der Waals surface area (Å²) >= 11 is 0. The molecule has 3 nitrogen and oxygen atoms in total. The number of hydrogen-bond acceptors (Lipinski definition) is 2. The summed E-state index contributed by atoms with van der Waals surface area (Å²) in [4.78, 5) is 8.05. The van der Waals surface area contributed by atoms with Gasteiger partial charge in [0, 0.05) is 22.4 Å². The van der Waals surface area contributed by atoms with Crippen molar-refractivity contribution >= 4 is 21.8 Å². The van der Waals surface area contributed by atoms with Gasteiger partial charge in [-0.25, -0.2) is 0 Å². The lowest BCUT2D eigenvalue weighted by Gasteiger charge is -2.54. The highest BCUT2D eigenvalue weighted by Gasteiger charge is 2.50. The van der Waals surface area contributed by atoms with Gasteiger partial charge in [-0.1, -0.05) is 11.8 Å². The van der Waals surface area contributed by atoms with Crippen LogP contribution in [0, 0.1) is 41.9 Å². The van der Waals surface area contributed by atoms with E-state index in [4.69, 9.17) is 4.74 Å². The molecule has 0 spiro atoms. The van der Waals surface area contributed by atoms with E-state index in [1.54, 1.807) is 7.11 Å². The summed E-state index contributed by atoms with van der Waals surface area (Å²) in [5.74, 6) is 11.0. The Labute approximate surface area is 165 Å². The number of aromatic amines is 1. The van der Waals surface area contributed by atoms with Gasteiger partial charge in [0.2, 0.25) is 0 Å². The molecule has 0 atom stereocenters. The number of benzene rings is 1. The van der Waals surface area contributed by atoms with Crippen LogP contribution in [-0.2, 0) is 0 Å². The van der Waals surface area contributed by atoms with Gasteiger partial charge in [-0.15, -0.1) is 0 Å². The van der Waals surface area contributed by atoms with Crippen LogP contribution in [0.1, 0.15) is 49.8 Å². The Morgan fingerprint density at radius 2 is 1.68 bits per heavy atom. The zero-order valence-electron chi connectivity index (χ0n) is 16.6. The van der Waals surface area contributed by atoms with Crippen molar-refractivity contribution in [3.63, 3.8) is 0 Å². The minimum Gasteiger partial charge on any atom is -0.495 e. The molecule has 4 fully saturated rings. The molecule has 2 aromatic heterocycles. The van der Waals surface area contributed by atoms with Gasteiger partial charge in [0.05, 0.1) is 29.4 Å². The van der Waals surface area contributed by atoms with Crippen LogP contribution < -0.4 is 4.74 Å². The number of aryl methyl sites for hydroxylation is 1. The fraction of sp³-hybridized carbons (Fsp3) is 0.480. The van der Waals surface area contributed by atoms with Crippen molar-refractivity contribution in [1.82, 2.24) is 9.97 Å². The van der Waals surface area contributed by atoms with E-state index in [0.29, 0.717) is 0 Å². The molecule has 7 rings (SSSR count). The number of H-pyrrole nitrogens is 1. The SMILES string of the molecule is COc1ccc2c([nH]c3c(C)nccc32)c1C#CC12CC3CC(CC(C3)C1)C2. The first-order chi connectivity index (χ1) is 13.6. The van der Waals surface area contributed by atoms with E-state index in [9.17, 15) is 0 Å². The molecule has 0 radical (unpaired) electrons. The second-order valence-electron chi connectivity index (χ2n) is 9.46. The first-order valence-electron chi connectivity index (χ1n) is 10.6. The van der Waals surface area contributed by atoms with Crippen LogP contribution in [0.25, 0.3) is 21.8 Å². The highest BCUT2D eigenvalue weighted by molar-refractivity contribution is 6.10. The predicted molar refractivity (Wildman–Crippen MR) is 112 cm³/mol. The third-order valence-corrected chi connectivity index (χ3v) is 7.56. The summed E-state index contributed by atoms with van der Waals surface area (Å²) in [5.41, 5.74) is 4.45. The fourth-order valence-corrected chi connectivity index (χ4v) is 6.76. The molecule has 3 heteroatoms. The van der Waals surface area contributed by atoms with Gasteiger partial charge in [-0.3, -0.25) is 4.98 Å². The lowest BCUT2D eigenvalue weighted by atomic mass is 9.50. The molecule has 0 amide bonds. The van der Waals surface area contributed by atoms with Crippen molar-refractivity contribution < 1.29 is 4.74 Å². The molecule has 142 valence electrons. The van der Waals surface area contributed by atoms with Crippen LogP contribution in [0.4, 0.5) is 0 Å². The standard InChI is InChI=1S/C25H26N2O/c1-15-23-20(6-8-26-15)19-3-4-22(28-2)21(24(19)27-23)5-7-25-12-16-9-17(13-25)11-18(10-16)14-25/h3-4,6,8,16-18,27H,9-14H2,1-2H3. The molecule has 0 unspecified atom stereocenters. The number of pyridine rings is 1. The maximum absolute atomic E-state index is 5.71. The summed E-state index contributed by atoms with van der Waals surface area (Å²) in [6.45, 7) is 2.05. The topological polar surface area (TPSA) is 37.9 Å². The lowest BCUT2D eigenvalue weighted by Crippen LogP contribution is -2.45. The maximum atomic E-state index is 5.71. The maximum Gasteiger partial charge on any atom is 0.136 e. The Bertz CT molecular complexity index is 1120. The second-order valence-corrected chi connectivity index (χ2v) is 9.46. The summed E-state index contributed by atoms with van der Waals surface area (Å²) in [7, 11) is 1.74.